The average molecular weight is 275 g/mol. The fraction of sp³-hybridized carbons (Fsp3) is 0.588. The van der Waals surface area contributed by atoms with Crippen molar-refractivity contribution in [3.63, 3.8) is 0 Å². The van der Waals surface area contributed by atoms with Crippen LogP contribution in [0.15, 0.2) is 24.3 Å². The van der Waals surface area contributed by atoms with Crippen LogP contribution in [0.2, 0.25) is 0 Å². The van der Waals surface area contributed by atoms with Gasteiger partial charge in [0.15, 0.2) is 0 Å². The van der Waals surface area contributed by atoms with Gasteiger partial charge >= 0.3 is 0 Å². The number of nitrogens with one attached hydrogen (secondary N) is 1. The van der Waals surface area contributed by atoms with Crippen molar-refractivity contribution in [1.82, 2.24) is 5.32 Å². The minimum absolute atomic E-state index is 0.180. The van der Waals surface area contributed by atoms with E-state index in [9.17, 15) is 4.79 Å². The van der Waals surface area contributed by atoms with E-state index in [1.54, 1.807) is 7.11 Å². The predicted octanol–water partition coefficient (Wildman–Crippen LogP) is 3.32. The lowest BCUT2D eigenvalue weighted by Crippen LogP contribution is -2.41. The third kappa shape index (κ3) is 4.26. The third-order valence-electron chi connectivity index (χ3n) is 4.26. The van der Waals surface area contributed by atoms with Gasteiger partial charge in [-0.2, -0.15) is 0 Å². The van der Waals surface area contributed by atoms with Gasteiger partial charge < -0.3 is 10.1 Å². The van der Waals surface area contributed by atoms with Gasteiger partial charge in [0, 0.05) is 12.5 Å². The molecule has 1 N–H and O–H groups in total. The van der Waals surface area contributed by atoms with Crippen LogP contribution in [0.1, 0.15) is 44.6 Å². The molecule has 1 fully saturated rings. The molecule has 0 bridgehead atoms. The second-order valence-corrected chi connectivity index (χ2v) is 5.78. The SMILES string of the molecule is COc1ccc(CCC(=O)N[C@H]2CCCC[C@H]2C)cc1. The first-order chi connectivity index (χ1) is 9.69. The summed E-state index contributed by atoms with van der Waals surface area (Å²) in [7, 11) is 1.66. The molecule has 1 amide bonds. The summed E-state index contributed by atoms with van der Waals surface area (Å²) in [4.78, 5) is 12.0. The van der Waals surface area contributed by atoms with Crippen LogP contribution < -0.4 is 10.1 Å². The fourth-order valence-electron chi connectivity index (χ4n) is 2.86. The molecular weight excluding hydrogens is 250 g/mol. The maximum atomic E-state index is 12.0. The molecule has 0 radical (unpaired) electrons. The molecule has 1 aliphatic rings. The number of carbonyl (C=O) groups excluding carboxylic acids is 1. The Morgan fingerprint density at radius 3 is 2.60 bits per heavy atom. The molecule has 2 rings (SSSR count). The summed E-state index contributed by atoms with van der Waals surface area (Å²) in [6, 6.07) is 8.31. The van der Waals surface area contributed by atoms with Crippen LogP contribution in [0.25, 0.3) is 0 Å². The van der Waals surface area contributed by atoms with E-state index in [4.69, 9.17) is 4.74 Å². The van der Waals surface area contributed by atoms with Gasteiger partial charge in [0.1, 0.15) is 5.75 Å². The van der Waals surface area contributed by atoms with Crippen LogP contribution in [0.3, 0.4) is 0 Å². The zero-order valence-electron chi connectivity index (χ0n) is 12.5. The molecule has 0 aromatic heterocycles. The van der Waals surface area contributed by atoms with Crippen LogP contribution >= 0.6 is 0 Å². The molecule has 20 heavy (non-hydrogen) atoms. The lowest BCUT2D eigenvalue weighted by Gasteiger charge is -2.29. The summed E-state index contributed by atoms with van der Waals surface area (Å²) < 4.78 is 5.13. The number of aryl methyl sites for hydroxylation is 1. The molecule has 1 aromatic carbocycles. The van der Waals surface area contributed by atoms with E-state index in [1.807, 2.05) is 24.3 Å². The number of rotatable bonds is 5. The predicted molar refractivity (Wildman–Crippen MR) is 80.9 cm³/mol. The summed E-state index contributed by atoms with van der Waals surface area (Å²) in [6.45, 7) is 2.24. The molecule has 1 saturated carbocycles. The Bertz CT molecular complexity index is 427. The highest BCUT2D eigenvalue weighted by Gasteiger charge is 2.22. The molecule has 0 aliphatic heterocycles. The summed E-state index contributed by atoms with van der Waals surface area (Å²) in [6.07, 6.45) is 6.28. The minimum Gasteiger partial charge on any atom is -0.497 e. The molecule has 1 aliphatic carbocycles. The van der Waals surface area contributed by atoms with E-state index in [-0.39, 0.29) is 5.91 Å². The molecular formula is C17H25NO2. The zero-order valence-corrected chi connectivity index (χ0v) is 12.5. The van der Waals surface area contributed by atoms with E-state index in [1.165, 1.54) is 24.8 Å². The standard InChI is InChI=1S/C17H25NO2/c1-13-5-3-4-6-16(13)18-17(19)12-9-14-7-10-15(20-2)11-8-14/h7-8,10-11,13,16H,3-6,9,12H2,1-2H3,(H,18,19)/t13-,16+/m1/s1. The van der Waals surface area contributed by atoms with Crippen molar-refractivity contribution in [3.05, 3.63) is 29.8 Å². The van der Waals surface area contributed by atoms with E-state index in [0.29, 0.717) is 18.4 Å². The van der Waals surface area contributed by atoms with Crippen LogP contribution in [0.4, 0.5) is 0 Å². The van der Waals surface area contributed by atoms with E-state index < -0.39 is 0 Å². The van der Waals surface area contributed by atoms with Gasteiger partial charge in [-0.3, -0.25) is 4.79 Å². The molecule has 0 saturated heterocycles. The van der Waals surface area contributed by atoms with Crippen LogP contribution in [0, 0.1) is 5.92 Å². The quantitative estimate of drug-likeness (QED) is 0.895. The molecule has 0 unspecified atom stereocenters. The fourth-order valence-corrected chi connectivity index (χ4v) is 2.86. The second kappa shape index (κ2) is 7.32. The van der Waals surface area contributed by atoms with E-state index in [0.717, 1.165) is 18.6 Å². The summed E-state index contributed by atoms with van der Waals surface area (Å²) in [5.74, 6) is 1.66. The number of methoxy groups -OCH3 is 1. The lowest BCUT2D eigenvalue weighted by atomic mass is 9.86. The third-order valence-corrected chi connectivity index (χ3v) is 4.26. The smallest absolute Gasteiger partial charge is 0.220 e. The van der Waals surface area contributed by atoms with Crippen molar-refractivity contribution in [2.24, 2.45) is 5.92 Å². The molecule has 1 aromatic rings. The normalized spacial score (nSPS) is 22.3. The first kappa shape index (κ1) is 14.9. The van der Waals surface area contributed by atoms with Gasteiger partial charge in [0.25, 0.3) is 0 Å². The average Bonchev–Trinajstić information content (AvgIpc) is 2.48. The highest BCUT2D eigenvalue weighted by molar-refractivity contribution is 5.76. The van der Waals surface area contributed by atoms with Crippen molar-refractivity contribution in [2.45, 2.75) is 51.5 Å². The highest BCUT2D eigenvalue weighted by atomic mass is 16.5. The Labute approximate surface area is 121 Å². The first-order valence-electron chi connectivity index (χ1n) is 7.61. The number of amides is 1. The number of ether oxygens (including phenoxy) is 1. The van der Waals surface area contributed by atoms with Crippen molar-refractivity contribution in [3.8, 4) is 5.75 Å². The van der Waals surface area contributed by atoms with Gasteiger partial charge in [0.05, 0.1) is 7.11 Å². The zero-order chi connectivity index (χ0) is 14.4. The summed E-state index contributed by atoms with van der Waals surface area (Å²) in [5, 5.41) is 3.20. The maximum Gasteiger partial charge on any atom is 0.220 e. The molecule has 0 spiro atoms. The number of carbonyl (C=O) groups is 1. The van der Waals surface area contributed by atoms with Crippen LogP contribution in [-0.2, 0) is 11.2 Å². The van der Waals surface area contributed by atoms with Crippen molar-refractivity contribution < 1.29 is 9.53 Å². The molecule has 3 heteroatoms. The molecule has 3 nitrogen and oxygen atoms in total. The van der Waals surface area contributed by atoms with E-state index >= 15 is 0 Å². The first-order valence-corrected chi connectivity index (χ1v) is 7.61. The van der Waals surface area contributed by atoms with Crippen molar-refractivity contribution in [1.29, 1.82) is 0 Å². The second-order valence-electron chi connectivity index (χ2n) is 5.78. The molecule has 2 atom stereocenters. The lowest BCUT2D eigenvalue weighted by molar-refractivity contribution is -0.122. The Balaban J connectivity index is 1.76. The van der Waals surface area contributed by atoms with Crippen LogP contribution in [0.5, 0.6) is 5.75 Å². The Kier molecular flexibility index (Phi) is 5.45. The van der Waals surface area contributed by atoms with Gasteiger partial charge in [0.2, 0.25) is 5.91 Å². The van der Waals surface area contributed by atoms with Crippen molar-refractivity contribution in [2.75, 3.05) is 7.11 Å². The van der Waals surface area contributed by atoms with Crippen LogP contribution in [-0.4, -0.2) is 19.1 Å². The minimum atomic E-state index is 0.180. The Hall–Kier alpha value is -1.51. The Morgan fingerprint density at radius 1 is 1.25 bits per heavy atom. The largest absolute Gasteiger partial charge is 0.497 e. The number of benzene rings is 1. The topological polar surface area (TPSA) is 38.3 Å². The summed E-state index contributed by atoms with van der Waals surface area (Å²) >= 11 is 0. The Morgan fingerprint density at radius 2 is 1.95 bits per heavy atom. The van der Waals surface area contributed by atoms with E-state index in [2.05, 4.69) is 12.2 Å². The monoisotopic (exact) mass is 275 g/mol. The highest BCUT2D eigenvalue weighted by Crippen LogP contribution is 2.23. The van der Waals surface area contributed by atoms with Gasteiger partial charge in [-0.1, -0.05) is 31.9 Å². The molecule has 0 heterocycles. The van der Waals surface area contributed by atoms with Gasteiger partial charge in [-0.05, 0) is 42.9 Å². The van der Waals surface area contributed by atoms with Gasteiger partial charge in [-0.15, -0.1) is 0 Å². The number of hydrogen-bond donors (Lipinski definition) is 1. The van der Waals surface area contributed by atoms with Crippen molar-refractivity contribution >= 4 is 5.91 Å². The number of hydrogen-bond acceptors (Lipinski definition) is 2. The van der Waals surface area contributed by atoms with Gasteiger partial charge in [-0.25, -0.2) is 0 Å². The molecule has 110 valence electrons. The maximum absolute atomic E-state index is 12.0. The summed E-state index contributed by atoms with van der Waals surface area (Å²) in [5.41, 5.74) is 1.18.